The maximum atomic E-state index is 10.5. The Morgan fingerprint density at radius 2 is 2.41 bits per heavy atom. The number of rotatable bonds is 7. The van der Waals surface area contributed by atoms with Crippen LogP contribution in [0.3, 0.4) is 0 Å². The van der Waals surface area contributed by atoms with Crippen molar-refractivity contribution in [2.24, 2.45) is 0 Å². The molecule has 1 unspecified atom stereocenters. The molecule has 96 valence electrons. The first-order valence-electron chi connectivity index (χ1n) is 5.57. The van der Waals surface area contributed by atoms with Crippen LogP contribution < -0.4 is 0 Å². The van der Waals surface area contributed by atoms with Crippen molar-refractivity contribution in [1.29, 1.82) is 0 Å². The largest absolute Gasteiger partial charge is 0.384 e. The fourth-order valence-corrected chi connectivity index (χ4v) is 2.47. The Morgan fingerprint density at radius 1 is 1.71 bits per heavy atom. The molecule has 17 heavy (non-hydrogen) atoms. The number of methoxy groups -OCH3 is 1. The summed E-state index contributed by atoms with van der Waals surface area (Å²) >= 11 is 3.43. The van der Waals surface area contributed by atoms with Gasteiger partial charge in [0.25, 0.3) is 0 Å². The van der Waals surface area contributed by atoms with Gasteiger partial charge in [0, 0.05) is 7.11 Å². The zero-order valence-electron chi connectivity index (χ0n) is 10.3. The monoisotopic (exact) mass is 302 g/mol. The van der Waals surface area contributed by atoms with Gasteiger partial charge in [0.05, 0.1) is 29.5 Å². The predicted molar refractivity (Wildman–Crippen MR) is 70.8 cm³/mol. The quantitative estimate of drug-likeness (QED) is 0.787. The van der Waals surface area contributed by atoms with Gasteiger partial charge in [0.2, 0.25) is 0 Å². The zero-order valence-corrected chi connectivity index (χ0v) is 11.9. The van der Waals surface area contributed by atoms with Crippen LogP contribution in [-0.2, 0) is 16.9 Å². The van der Waals surface area contributed by atoms with Crippen molar-refractivity contribution in [2.75, 3.05) is 13.7 Å². The molecule has 0 aliphatic rings. The molecule has 0 aromatic carbocycles. The number of hydrogen-bond acceptors (Lipinski definition) is 3. The lowest BCUT2D eigenvalue weighted by Crippen LogP contribution is -2.26. The van der Waals surface area contributed by atoms with Gasteiger partial charge >= 0.3 is 0 Å². The average molecular weight is 303 g/mol. The molecule has 1 rings (SSSR count). The number of allylic oxidation sites excluding steroid dienone is 1. The average Bonchev–Trinajstić information content (AvgIpc) is 2.66. The summed E-state index contributed by atoms with van der Waals surface area (Å²) in [5.41, 5.74) is -0.131. The lowest BCUT2D eigenvalue weighted by atomic mass is 9.96. The number of hydrogen-bond donors (Lipinski definition) is 1. The minimum absolute atomic E-state index is 0.568. The van der Waals surface area contributed by atoms with Crippen LogP contribution in [0.25, 0.3) is 0 Å². The highest BCUT2D eigenvalue weighted by atomic mass is 79.9. The number of halogens is 1. The summed E-state index contributed by atoms with van der Waals surface area (Å²) < 4.78 is 7.63. The van der Waals surface area contributed by atoms with Gasteiger partial charge in [-0.15, -0.1) is 6.58 Å². The van der Waals surface area contributed by atoms with Gasteiger partial charge in [0.15, 0.2) is 0 Å². The summed E-state index contributed by atoms with van der Waals surface area (Å²) in [5.74, 6) is 0. The van der Waals surface area contributed by atoms with Gasteiger partial charge in [-0.2, -0.15) is 5.10 Å². The second-order valence-electron chi connectivity index (χ2n) is 4.16. The van der Waals surface area contributed by atoms with E-state index in [1.807, 2.05) is 0 Å². The molecule has 0 spiro atoms. The Hall–Kier alpha value is -0.650. The second-order valence-corrected chi connectivity index (χ2v) is 5.01. The summed E-state index contributed by atoms with van der Waals surface area (Å²) in [7, 11) is 1.65. The van der Waals surface area contributed by atoms with Crippen LogP contribution in [0.4, 0.5) is 0 Å². The molecular formula is C12H19BrN2O2. The molecule has 1 heterocycles. The summed E-state index contributed by atoms with van der Waals surface area (Å²) in [6.07, 6.45) is 4.88. The van der Waals surface area contributed by atoms with Gasteiger partial charge in [-0.25, -0.2) is 0 Å². The molecule has 1 N–H and O–H groups in total. The number of nitrogens with zero attached hydrogens (tertiary/aromatic N) is 2. The van der Waals surface area contributed by atoms with E-state index in [9.17, 15) is 5.11 Å². The van der Waals surface area contributed by atoms with Crippen molar-refractivity contribution >= 4 is 15.9 Å². The fraction of sp³-hybridized carbons (Fsp3) is 0.583. The molecular weight excluding hydrogens is 284 g/mol. The molecule has 0 radical (unpaired) electrons. The SMILES string of the molecule is C=CCCC(C)(O)c1c(Br)cnn1CCOC. The van der Waals surface area contributed by atoms with E-state index >= 15 is 0 Å². The van der Waals surface area contributed by atoms with Crippen LogP contribution in [0.1, 0.15) is 25.5 Å². The van der Waals surface area contributed by atoms with Crippen molar-refractivity contribution < 1.29 is 9.84 Å². The molecule has 1 atom stereocenters. The van der Waals surface area contributed by atoms with Crippen molar-refractivity contribution in [3.05, 3.63) is 29.0 Å². The van der Waals surface area contributed by atoms with E-state index in [1.165, 1.54) is 0 Å². The normalized spacial score (nSPS) is 14.6. The summed E-state index contributed by atoms with van der Waals surface area (Å²) in [6, 6.07) is 0. The third-order valence-electron chi connectivity index (χ3n) is 2.65. The smallest absolute Gasteiger partial charge is 0.105 e. The molecule has 0 saturated carbocycles. The minimum Gasteiger partial charge on any atom is -0.384 e. The lowest BCUT2D eigenvalue weighted by molar-refractivity contribution is 0.0369. The Bertz CT molecular complexity index is 375. The molecule has 0 aliphatic heterocycles. The Labute approximate surface area is 110 Å². The Balaban J connectivity index is 2.93. The molecule has 0 aliphatic carbocycles. The van der Waals surface area contributed by atoms with Gasteiger partial charge in [-0.05, 0) is 35.7 Å². The summed E-state index contributed by atoms with van der Waals surface area (Å²) in [4.78, 5) is 0. The van der Waals surface area contributed by atoms with Crippen molar-refractivity contribution in [2.45, 2.75) is 31.9 Å². The van der Waals surface area contributed by atoms with Crippen LogP contribution in [0.5, 0.6) is 0 Å². The fourth-order valence-electron chi connectivity index (χ4n) is 1.75. The lowest BCUT2D eigenvalue weighted by Gasteiger charge is -2.24. The number of aromatic nitrogens is 2. The second kappa shape index (κ2) is 6.33. The first-order valence-corrected chi connectivity index (χ1v) is 6.36. The summed E-state index contributed by atoms with van der Waals surface area (Å²) in [6.45, 7) is 6.66. The van der Waals surface area contributed by atoms with Crippen LogP contribution >= 0.6 is 15.9 Å². The van der Waals surface area contributed by atoms with Gasteiger partial charge in [0.1, 0.15) is 5.60 Å². The molecule has 0 fully saturated rings. The summed E-state index contributed by atoms with van der Waals surface area (Å²) in [5, 5.41) is 14.7. The molecule has 0 saturated heterocycles. The van der Waals surface area contributed by atoms with Crippen LogP contribution in [-0.4, -0.2) is 28.6 Å². The standard InChI is InChI=1S/C12H19BrN2O2/c1-4-5-6-12(2,16)11-10(13)9-14-15(11)7-8-17-3/h4,9,16H,1,5-8H2,2-3H3. The molecule has 0 amide bonds. The first kappa shape index (κ1) is 14.4. The van der Waals surface area contributed by atoms with Gasteiger partial charge in [-0.1, -0.05) is 6.08 Å². The topological polar surface area (TPSA) is 47.3 Å². The van der Waals surface area contributed by atoms with Crippen LogP contribution in [0.15, 0.2) is 23.3 Å². The molecule has 4 nitrogen and oxygen atoms in total. The third kappa shape index (κ3) is 3.66. The zero-order chi connectivity index (χ0) is 12.9. The van der Waals surface area contributed by atoms with E-state index in [0.717, 1.165) is 16.6 Å². The first-order chi connectivity index (χ1) is 8.03. The van der Waals surface area contributed by atoms with Gasteiger partial charge < -0.3 is 9.84 Å². The van der Waals surface area contributed by atoms with E-state index in [-0.39, 0.29) is 0 Å². The van der Waals surface area contributed by atoms with Crippen molar-refractivity contribution in [1.82, 2.24) is 9.78 Å². The number of ether oxygens (including phenoxy) is 1. The van der Waals surface area contributed by atoms with E-state index in [1.54, 1.807) is 31.0 Å². The van der Waals surface area contributed by atoms with Crippen LogP contribution in [0, 0.1) is 0 Å². The van der Waals surface area contributed by atoms with E-state index in [2.05, 4.69) is 27.6 Å². The van der Waals surface area contributed by atoms with E-state index in [0.29, 0.717) is 19.6 Å². The highest BCUT2D eigenvalue weighted by molar-refractivity contribution is 9.10. The van der Waals surface area contributed by atoms with Crippen LogP contribution in [0.2, 0.25) is 0 Å². The highest BCUT2D eigenvalue weighted by Crippen LogP contribution is 2.31. The maximum Gasteiger partial charge on any atom is 0.105 e. The van der Waals surface area contributed by atoms with Gasteiger partial charge in [-0.3, -0.25) is 4.68 Å². The van der Waals surface area contributed by atoms with E-state index < -0.39 is 5.60 Å². The molecule has 1 aromatic rings. The number of aliphatic hydroxyl groups is 1. The Kier molecular flexibility index (Phi) is 5.36. The van der Waals surface area contributed by atoms with Crippen molar-refractivity contribution in [3.63, 3.8) is 0 Å². The van der Waals surface area contributed by atoms with Crippen molar-refractivity contribution in [3.8, 4) is 0 Å². The minimum atomic E-state index is -0.919. The Morgan fingerprint density at radius 3 is 3.00 bits per heavy atom. The molecule has 5 heteroatoms. The maximum absolute atomic E-state index is 10.5. The predicted octanol–water partition coefficient (Wildman–Crippen LogP) is 2.47. The third-order valence-corrected chi connectivity index (χ3v) is 3.23. The molecule has 0 bridgehead atoms. The van der Waals surface area contributed by atoms with E-state index in [4.69, 9.17) is 4.74 Å². The molecule has 1 aromatic heterocycles. The highest BCUT2D eigenvalue weighted by Gasteiger charge is 2.29.